The van der Waals surface area contributed by atoms with Crippen LogP contribution >= 0.6 is 0 Å². The number of anilines is 1. The summed E-state index contributed by atoms with van der Waals surface area (Å²) in [5, 5.41) is 0. The predicted octanol–water partition coefficient (Wildman–Crippen LogP) is 7.29. The summed E-state index contributed by atoms with van der Waals surface area (Å²) in [5.74, 6) is -1.02. The Morgan fingerprint density at radius 3 is 1.50 bits per heavy atom. The molecule has 0 unspecified atom stereocenters. The lowest BCUT2D eigenvalue weighted by molar-refractivity contribution is 0.627. The Hall–Kier alpha value is -4.51. The number of benzene rings is 5. The van der Waals surface area contributed by atoms with Crippen molar-refractivity contribution in [3.05, 3.63) is 161 Å². The molecule has 0 saturated heterocycles. The third-order valence-corrected chi connectivity index (χ3v) is 7.12. The molecular formula is C35H29BF3N. The van der Waals surface area contributed by atoms with Crippen LogP contribution in [0.15, 0.2) is 121 Å². The van der Waals surface area contributed by atoms with Crippen LogP contribution in [0, 0.1) is 24.4 Å². The van der Waals surface area contributed by atoms with Gasteiger partial charge >= 0.3 is 0 Å². The number of para-hydroxylation sites is 1. The standard InChI is InChI=1S/C35H29BF3N/c1-24-8-10-25(11-9-24)34(32-6-4-5-7-33(32)40(2)3)35(26-12-18-29(37)19-13-26)36(27-14-20-30(38)21-15-27)28-16-22-31(39)23-17-28/h4-23H,1-3H3/b35-34-. The highest BCUT2D eigenvalue weighted by Gasteiger charge is 2.30. The average Bonchev–Trinajstić information content (AvgIpc) is 2.96. The van der Waals surface area contributed by atoms with E-state index < -0.39 is 6.71 Å². The summed E-state index contributed by atoms with van der Waals surface area (Å²) in [6, 6.07) is 35.7. The van der Waals surface area contributed by atoms with Gasteiger partial charge in [0.05, 0.1) is 0 Å². The topological polar surface area (TPSA) is 3.24 Å². The maximum atomic E-state index is 14.2. The van der Waals surface area contributed by atoms with Gasteiger partial charge in [0.1, 0.15) is 17.5 Å². The molecule has 0 aliphatic carbocycles. The maximum absolute atomic E-state index is 14.2. The van der Waals surface area contributed by atoms with Crippen LogP contribution < -0.4 is 15.8 Å². The van der Waals surface area contributed by atoms with E-state index in [4.69, 9.17) is 0 Å². The van der Waals surface area contributed by atoms with Crippen molar-refractivity contribution in [1.29, 1.82) is 0 Å². The Labute approximate surface area is 234 Å². The van der Waals surface area contributed by atoms with Crippen LogP contribution in [0.25, 0.3) is 11.0 Å². The highest BCUT2D eigenvalue weighted by atomic mass is 19.1. The van der Waals surface area contributed by atoms with Gasteiger partial charge in [-0.05, 0) is 66.1 Å². The molecule has 5 heteroatoms. The van der Waals surface area contributed by atoms with E-state index in [1.165, 1.54) is 36.4 Å². The minimum Gasteiger partial charge on any atom is -0.377 e. The van der Waals surface area contributed by atoms with Gasteiger partial charge in [-0.25, -0.2) is 13.2 Å². The van der Waals surface area contributed by atoms with Crippen LogP contribution in [-0.4, -0.2) is 20.8 Å². The molecule has 5 aromatic carbocycles. The van der Waals surface area contributed by atoms with Crippen LogP contribution in [0.3, 0.4) is 0 Å². The first-order valence-corrected chi connectivity index (χ1v) is 13.2. The van der Waals surface area contributed by atoms with Gasteiger partial charge in [-0.15, -0.1) is 0 Å². The average molecular weight is 531 g/mol. The van der Waals surface area contributed by atoms with Crippen molar-refractivity contribution in [1.82, 2.24) is 0 Å². The molecule has 0 radical (unpaired) electrons. The smallest absolute Gasteiger partial charge is 0.242 e. The van der Waals surface area contributed by atoms with E-state index in [1.54, 1.807) is 36.4 Å². The highest BCUT2D eigenvalue weighted by Crippen LogP contribution is 2.38. The van der Waals surface area contributed by atoms with Gasteiger partial charge in [-0.3, -0.25) is 0 Å². The summed E-state index contributed by atoms with van der Waals surface area (Å²) in [6.45, 7) is 1.62. The van der Waals surface area contributed by atoms with Gasteiger partial charge in [0.2, 0.25) is 6.71 Å². The Balaban J connectivity index is 1.96. The molecule has 1 nitrogen and oxygen atoms in total. The second kappa shape index (κ2) is 11.7. The van der Waals surface area contributed by atoms with Gasteiger partial charge in [0.15, 0.2) is 0 Å². The summed E-state index contributed by atoms with van der Waals surface area (Å²) in [7, 11) is 4.00. The third-order valence-electron chi connectivity index (χ3n) is 7.12. The number of nitrogens with zero attached hydrogens (tertiary/aromatic N) is 1. The van der Waals surface area contributed by atoms with Crippen molar-refractivity contribution in [3.63, 3.8) is 0 Å². The summed E-state index contributed by atoms with van der Waals surface area (Å²) >= 11 is 0. The van der Waals surface area contributed by atoms with Crippen molar-refractivity contribution < 1.29 is 13.2 Å². The number of rotatable bonds is 7. The van der Waals surface area contributed by atoms with Crippen LogP contribution in [-0.2, 0) is 0 Å². The Bertz CT molecular complexity index is 1580. The zero-order valence-electron chi connectivity index (χ0n) is 22.7. The molecule has 5 aromatic rings. The van der Waals surface area contributed by atoms with E-state index in [0.29, 0.717) is 0 Å². The number of hydrogen-bond donors (Lipinski definition) is 0. The monoisotopic (exact) mass is 531 g/mol. The van der Waals surface area contributed by atoms with Crippen LogP contribution in [0.1, 0.15) is 22.3 Å². The summed E-state index contributed by atoms with van der Waals surface area (Å²) in [5.41, 5.74) is 8.43. The molecule has 0 spiro atoms. The fraction of sp³-hybridized carbons (Fsp3) is 0.0857. The highest BCUT2D eigenvalue weighted by molar-refractivity contribution is 7.00. The van der Waals surface area contributed by atoms with E-state index in [9.17, 15) is 13.2 Å². The van der Waals surface area contributed by atoms with Crippen molar-refractivity contribution in [2.45, 2.75) is 6.92 Å². The van der Waals surface area contributed by atoms with E-state index in [0.717, 1.165) is 49.9 Å². The van der Waals surface area contributed by atoms with Crippen molar-refractivity contribution >= 4 is 34.4 Å². The molecule has 40 heavy (non-hydrogen) atoms. The molecule has 0 atom stereocenters. The van der Waals surface area contributed by atoms with E-state index in [2.05, 4.69) is 41.3 Å². The van der Waals surface area contributed by atoms with E-state index in [-0.39, 0.29) is 17.5 Å². The zero-order valence-corrected chi connectivity index (χ0v) is 22.7. The van der Waals surface area contributed by atoms with Crippen LogP contribution in [0.5, 0.6) is 0 Å². The van der Waals surface area contributed by atoms with E-state index >= 15 is 0 Å². The second-order valence-electron chi connectivity index (χ2n) is 10.1. The van der Waals surface area contributed by atoms with Crippen molar-refractivity contribution in [2.24, 2.45) is 0 Å². The predicted molar refractivity (Wildman–Crippen MR) is 162 cm³/mol. The second-order valence-corrected chi connectivity index (χ2v) is 10.1. The molecule has 0 fully saturated rings. The van der Waals surface area contributed by atoms with Gasteiger partial charge < -0.3 is 4.90 Å². The number of hydrogen-bond acceptors (Lipinski definition) is 1. The van der Waals surface area contributed by atoms with Crippen molar-refractivity contribution in [3.8, 4) is 0 Å². The third kappa shape index (κ3) is 5.74. The van der Waals surface area contributed by atoms with Gasteiger partial charge in [-0.2, -0.15) is 0 Å². The molecule has 5 rings (SSSR count). The minimum absolute atomic E-state index is 0.339. The van der Waals surface area contributed by atoms with Gasteiger partial charge in [0.25, 0.3) is 0 Å². The summed E-state index contributed by atoms with van der Waals surface area (Å²) in [6.07, 6.45) is 0. The van der Waals surface area contributed by atoms with Gasteiger partial charge in [0, 0.05) is 25.3 Å². The SMILES string of the molecule is Cc1ccc(/C(=C(/B(c2ccc(F)cc2)c2ccc(F)cc2)c2ccc(F)cc2)c2ccccc2N(C)C)cc1. The quantitative estimate of drug-likeness (QED) is 0.158. The fourth-order valence-electron chi connectivity index (χ4n) is 5.17. The molecule has 198 valence electrons. The summed E-state index contributed by atoms with van der Waals surface area (Å²) in [4.78, 5) is 2.07. The molecule has 0 aliphatic heterocycles. The molecule has 0 aliphatic rings. The largest absolute Gasteiger partial charge is 0.377 e. The minimum atomic E-state index is -0.418. The molecule has 0 amide bonds. The molecule has 0 aromatic heterocycles. The molecule has 0 N–H and O–H groups in total. The van der Waals surface area contributed by atoms with Crippen LogP contribution in [0.2, 0.25) is 0 Å². The first kappa shape index (κ1) is 27.1. The number of aryl methyl sites for hydroxylation is 1. The maximum Gasteiger partial charge on any atom is 0.242 e. The number of halogens is 3. The normalized spacial score (nSPS) is 11.7. The molecule has 0 heterocycles. The Morgan fingerprint density at radius 1 is 0.550 bits per heavy atom. The van der Waals surface area contributed by atoms with Gasteiger partial charge in [-0.1, -0.05) is 101 Å². The molecule has 0 saturated carbocycles. The van der Waals surface area contributed by atoms with Crippen molar-refractivity contribution in [2.75, 3.05) is 19.0 Å². The lowest BCUT2D eigenvalue weighted by Gasteiger charge is -2.27. The Morgan fingerprint density at radius 2 is 1.00 bits per heavy atom. The lowest BCUT2D eigenvalue weighted by atomic mass is 9.34. The Kier molecular flexibility index (Phi) is 7.92. The fourth-order valence-corrected chi connectivity index (χ4v) is 5.17. The molecule has 0 bridgehead atoms. The lowest BCUT2D eigenvalue weighted by Crippen LogP contribution is -2.44. The first-order chi connectivity index (χ1) is 19.3. The van der Waals surface area contributed by atoms with Crippen LogP contribution in [0.4, 0.5) is 18.9 Å². The van der Waals surface area contributed by atoms with E-state index in [1.807, 2.05) is 33.2 Å². The molecular weight excluding hydrogens is 502 g/mol. The first-order valence-electron chi connectivity index (χ1n) is 13.2. The summed E-state index contributed by atoms with van der Waals surface area (Å²) < 4.78 is 42.5. The zero-order chi connectivity index (χ0) is 28.2.